The minimum atomic E-state index is -0.302. The highest BCUT2D eigenvalue weighted by Crippen LogP contribution is 2.33. The van der Waals surface area contributed by atoms with Gasteiger partial charge in [-0.3, -0.25) is 19.1 Å². The van der Waals surface area contributed by atoms with E-state index in [1.807, 2.05) is 12.1 Å². The first kappa shape index (κ1) is 20.5. The van der Waals surface area contributed by atoms with Crippen molar-refractivity contribution < 1.29 is 19.4 Å². The van der Waals surface area contributed by atoms with Gasteiger partial charge in [-0.15, -0.1) is 0 Å². The number of aliphatic imine (C=N–C) groups is 1. The van der Waals surface area contributed by atoms with Gasteiger partial charge >= 0.3 is 0 Å². The van der Waals surface area contributed by atoms with Crippen LogP contribution < -0.4 is 15.0 Å². The van der Waals surface area contributed by atoms with Crippen molar-refractivity contribution in [2.24, 2.45) is 4.99 Å². The largest absolute Gasteiger partial charge is 0.494 e. The molecule has 7 nitrogen and oxygen atoms in total. The SMILES string of the molecule is CC(=O)c1ccc(N=Cc2c(O)n(Cc3ccc4c(c3)OCO4)c(=O)c3ccccc23)cc1. The van der Waals surface area contributed by atoms with Crippen molar-refractivity contribution in [2.75, 3.05) is 6.79 Å². The monoisotopic (exact) mass is 440 g/mol. The molecule has 0 radical (unpaired) electrons. The summed E-state index contributed by atoms with van der Waals surface area (Å²) in [6.45, 7) is 1.82. The molecule has 0 spiro atoms. The molecule has 3 aromatic carbocycles. The lowest BCUT2D eigenvalue weighted by atomic mass is 10.1. The molecule has 0 bridgehead atoms. The molecule has 0 atom stereocenters. The van der Waals surface area contributed by atoms with Crippen LogP contribution in [-0.2, 0) is 6.54 Å². The first-order chi connectivity index (χ1) is 16.0. The number of nitrogens with zero attached hydrogens (tertiary/aromatic N) is 2. The third-order valence-corrected chi connectivity index (χ3v) is 5.58. The van der Waals surface area contributed by atoms with Crippen LogP contribution in [0.3, 0.4) is 0 Å². The number of aromatic hydroxyl groups is 1. The number of ketones is 1. The van der Waals surface area contributed by atoms with Gasteiger partial charge in [0, 0.05) is 22.6 Å². The van der Waals surface area contributed by atoms with Crippen LogP contribution in [0, 0.1) is 0 Å². The molecule has 7 heteroatoms. The van der Waals surface area contributed by atoms with Crippen molar-refractivity contribution in [1.82, 2.24) is 4.57 Å². The van der Waals surface area contributed by atoms with Gasteiger partial charge < -0.3 is 14.6 Å². The Bertz CT molecular complexity index is 1470. The lowest BCUT2D eigenvalue weighted by Gasteiger charge is -2.14. The zero-order valence-corrected chi connectivity index (χ0v) is 17.8. The van der Waals surface area contributed by atoms with Crippen LogP contribution in [0.1, 0.15) is 28.4 Å². The maximum Gasteiger partial charge on any atom is 0.261 e. The van der Waals surface area contributed by atoms with Gasteiger partial charge in [-0.05, 0) is 55.0 Å². The summed E-state index contributed by atoms with van der Waals surface area (Å²) in [4.78, 5) is 29.1. The molecule has 33 heavy (non-hydrogen) atoms. The molecule has 0 saturated carbocycles. The molecule has 5 rings (SSSR count). The van der Waals surface area contributed by atoms with Crippen LogP contribution in [0.15, 0.2) is 76.5 Å². The summed E-state index contributed by atoms with van der Waals surface area (Å²) in [5, 5.41) is 12.2. The lowest BCUT2D eigenvalue weighted by molar-refractivity contribution is 0.101. The number of hydrogen-bond acceptors (Lipinski definition) is 6. The standard InChI is InChI=1S/C26H20N2O5/c1-16(29)18-7-9-19(10-8-18)27-13-22-20-4-2-3-5-21(20)25(30)28(26(22)31)14-17-6-11-23-24(12-17)33-15-32-23/h2-13,31H,14-15H2,1H3. The Morgan fingerprint density at radius 3 is 2.52 bits per heavy atom. The normalized spacial score (nSPS) is 12.5. The molecule has 0 fully saturated rings. The van der Waals surface area contributed by atoms with E-state index < -0.39 is 0 Å². The number of pyridine rings is 1. The summed E-state index contributed by atoms with van der Waals surface area (Å²) in [5.41, 5.74) is 2.14. The van der Waals surface area contributed by atoms with Crippen LogP contribution in [0.4, 0.5) is 5.69 Å². The fourth-order valence-electron chi connectivity index (χ4n) is 3.83. The predicted molar refractivity (Wildman–Crippen MR) is 125 cm³/mol. The summed E-state index contributed by atoms with van der Waals surface area (Å²) >= 11 is 0. The Balaban J connectivity index is 1.58. The van der Waals surface area contributed by atoms with Crippen molar-refractivity contribution >= 4 is 28.5 Å². The summed E-state index contributed by atoms with van der Waals surface area (Å²) in [6.07, 6.45) is 1.54. The Hall–Kier alpha value is -4.39. The number of aromatic nitrogens is 1. The van der Waals surface area contributed by atoms with Gasteiger partial charge in [0.15, 0.2) is 17.3 Å². The van der Waals surface area contributed by atoms with E-state index in [2.05, 4.69) is 4.99 Å². The Morgan fingerprint density at radius 1 is 1.03 bits per heavy atom. The fraction of sp³-hybridized carbons (Fsp3) is 0.115. The number of carbonyl (C=O) groups excluding carboxylic acids is 1. The average Bonchev–Trinajstić information content (AvgIpc) is 3.30. The second-order valence-electron chi connectivity index (χ2n) is 7.72. The Labute approximate surface area is 189 Å². The molecule has 0 amide bonds. The highest BCUT2D eigenvalue weighted by atomic mass is 16.7. The van der Waals surface area contributed by atoms with Crippen molar-refractivity contribution in [2.45, 2.75) is 13.5 Å². The summed E-state index contributed by atoms with van der Waals surface area (Å²) < 4.78 is 12.1. The maximum absolute atomic E-state index is 13.2. The van der Waals surface area contributed by atoms with E-state index in [1.54, 1.807) is 54.6 Å². The predicted octanol–water partition coefficient (Wildman–Crippen LogP) is 4.44. The quantitative estimate of drug-likeness (QED) is 0.366. The Kier molecular flexibility index (Phi) is 5.14. The number of carbonyl (C=O) groups is 1. The second-order valence-corrected chi connectivity index (χ2v) is 7.72. The van der Waals surface area contributed by atoms with Gasteiger partial charge in [0.2, 0.25) is 12.7 Å². The highest BCUT2D eigenvalue weighted by Gasteiger charge is 2.17. The highest BCUT2D eigenvalue weighted by molar-refractivity contribution is 6.02. The van der Waals surface area contributed by atoms with Crippen molar-refractivity contribution in [3.05, 3.63) is 93.8 Å². The number of ether oxygens (including phenoxy) is 2. The molecule has 164 valence electrons. The first-order valence-electron chi connectivity index (χ1n) is 10.4. The number of rotatable bonds is 5. The number of hydrogen-bond donors (Lipinski definition) is 1. The zero-order valence-electron chi connectivity index (χ0n) is 17.8. The van der Waals surface area contributed by atoms with Crippen molar-refractivity contribution in [1.29, 1.82) is 0 Å². The third kappa shape index (κ3) is 3.85. The fourth-order valence-corrected chi connectivity index (χ4v) is 3.83. The molecular weight excluding hydrogens is 420 g/mol. The summed E-state index contributed by atoms with van der Waals surface area (Å²) in [7, 11) is 0. The van der Waals surface area contributed by atoms with Gasteiger partial charge in [-0.1, -0.05) is 24.3 Å². The minimum Gasteiger partial charge on any atom is -0.494 e. The molecule has 1 aromatic heterocycles. The van der Waals surface area contributed by atoms with E-state index >= 15 is 0 Å². The van der Waals surface area contributed by atoms with Gasteiger partial charge in [0.1, 0.15) is 0 Å². The van der Waals surface area contributed by atoms with E-state index in [4.69, 9.17) is 9.47 Å². The van der Waals surface area contributed by atoms with E-state index in [0.717, 1.165) is 5.56 Å². The van der Waals surface area contributed by atoms with E-state index in [1.165, 1.54) is 17.7 Å². The van der Waals surface area contributed by atoms with Crippen LogP contribution >= 0.6 is 0 Å². The zero-order chi connectivity index (χ0) is 22.9. The van der Waals surface area contributed by atoms with Crippen molar-refractivity contribution in [3.8, 4) is 17.4 Å². The van der Waals surface area contributed by atoms with E-state index in [9.17, 15) is 14.7 Å². The molecule has 1 aliphatic rings. The van der Waals surface area contributed by atoms with Gasteiger partial charge in [-0.2, -0.15) is 0 Å². The number of fused-ring (bicyclic) bond motifs is 2. The molecule has 4 aromatic rings. The molecule has 0 aliphatic carbocycles. The number of Topliss-reactive ketones (excluding diaryl/α,β-unsaturated/α-hetero) is 1. The molecule has 0 saturated heterocycles. The molecule has 2 heterocycles. The molecular formula is C26H20N2O5. The van der Waals surface area contributed by atoms with Crippen LogP contribution in [0.2, 0.25) is 0 Å². The van der Waals surface area contributed by atoms with Crippen molar-refractivity contribution in [3.63, 3.8) is 0 Å². The van der Waals surface area contributed by atoms with Gasteiger partial charge in [-0.25, -0.2) is 0 Å². The second kappa shape index (κ2) is 8.27. The first-order valence-corrected chi connectivity index (χ1v) is 10.4. The van der Waals surface area contributed by atoms with Gasteiger partial charge in [0.05, 0.1) is 17.8 Å². The topological polar surface area (TPSA) is 90.1 Å². The van der Waals surface area contributed by atoms with E-state index in [-0.39, 0.29) is 30.6 Å². The molecule has 1 aliphatic heterocycles. The summed E-state index contributed by atoms with van der Waals surface area (Å²) in [6, 6.07) is 19.4. The Morgan fingerprint density at radius 2 is 1.76 bits per heavy atom. The molecule has 0 unspecified atom stereocenters. The summed E-state index contributed by atoms with van der Waals surface area (Å²) in [5.74, 6) is 1.05. The third-order valence-electron chi connectivity index (χ3n) is 5.58. The average molecular weight is 440 g/mol. The smallest absolute Gasteiger partial charge is 0.261 e. The van der Waals surface area contributed by atoms with Gasteiger partial charge in [0.25, 0.3) is 5.56 Å². The maximum atomic E-state index is 13.2. The van der Waals surface area contributed by atoms with Crippen LogP contribution in [0.25, 0.3) is 10.8 Å². The lowest BCUT2D eigenvalue weighted by Crippen LogP contribution is -2.22. The number of benzene rings is 3. The minimum absolute atomic E-state index is 0.0234. The van der Waals surface area contributed by atoms with E-state index in [0.29, 0.717) is 39.1 Å². The van der Waals surface area contributed by atoms with Crippen LogP contribution in [-0.4, -0.2) is 28.5 Å². The van der Waals surface area contributed by atoms with Crippen LogP contribution in [0.5, 0.6) is 17.4 Å². The molecule has 1 N–H and O–H groups in total.